The molecule has 0 atom stereocenters. The van der Waals surface area contributed by atoms with Crippen molar-refractivity contribution in [2.75, 3.05) is 18.5 Å². The smallest absolute Gasteiger partial charge is 0.259 e. The highest BCUT2D eigenvalue weighted by Crippen LogP contribution is 2.31. The van der Waals surface area contributed by atoms with Gasteiger partial charge in [-0.05, 0) is 36.4 Å². The molecule has 0 radical (unpaired) electrons. The van der Waals surface area contributed by atoms with Crippen LogP contribution in [-0.4, -0.2) is 19.1 Å². The van der Waals surface area contributed by atoms with E-state index in [1.54, 1.807) is 42.5 Å². The molecule has 0 saturated carbocycles. The third-order valence-electron chi connectivity index (χ3n) is 3.69. The van der Waals surface area contributed by atoms with Crippen LogP contribution in [0.4, 0.5) is 5.69 Å². The summed E-state index contributed by atoms with van der Waals surface area (Å²) in [7, 11) is 0. The summed E-state index contributed by atoms with van der Waals surface area (Å²) in [5.74, 6) is 0.861. The maximum Gasteiger partial charge on any atom is 0.259 e. The summed E-state index contributed by atoms with van der Waals surface area (Å²) in [5.41, 5.74) is 0.751. The zero-order valence-corrected chi connectivity index (χ0v) is 15.8. The predicted octanol–water partition coefficient (Wildman–Crippen LogP) is 5.70. The van der Waals surface area contributed by atoms with Crippen molar-refractivity contribution in [1.29, 1.82) is 0 Å². The maximum absolute atomic E-state index is 12.7. The van der Waals surface area contributed by atoms with Gasteiger partial charge in [-0.3, -0.25) is 4.79 Å². The number of para-hydroxylation sites is 3. The van der Waals surface area contributed by atoms with Crippen molar-refractivity contribution in [1.82, 2.24) is 0 Å². The summed E-state index contributed by atoms with van der Waals surface area (Å²) >= 11 is 12.2. The fourth-order valence-electron chi connectivity index (χ4n) is 2.41. The molecule has 0 aliphatic rings. The van der Waals surface area contributed by atoms with E-state index in [0.717, 1.165) is 5.75 Å². The van der Waals surface area contributed by atoms with Crippen molar-refractivity contribution < 1.29 is 14.3 Å². The molecule has 0 fully saturated rings. The molecule has 27 heavy (non-hydrogen) atoms. The summed E-state index contributed by atoms with van der Waals surface area (Å²) in [4.78, 5) is 12.7. The SMILES string of the molecule is O=C(Nc1c(Cl)cccc1Cl)c1ccccc1OCCOc1ccccc1. The van der Waals surface area contributed by atoms with Crippen LogP contribution in [0.15, 0.2) is 72.8 Å². The second-order valence-corrected chi connectivity index (χ2v) is 6.37. The van der Waals surface area contributed by atoms with Gasteiger partial charge in [0.2, 0.25) is 0 Å². The van der Waals surface area contributed by atoms with Crippen LogP contribution in [0.3, 0.4) is 0 Å². The number of benzene rings is 3. The molecule has 6 heteroatoms. The number of halogens is 2. The van der Waals surface area contributed by atoms with Gasteiger partial charge in [-0.25, -0.2) is 0 Å². The summed E-state index contributed by atoms with van der Waals surface area (Å²) in [6.07, 6.45) is 0. The van der Waals surface area contributed by atoms with Crippen molar-refractivity contribution in [2.24, 2.45) is 0 Å². The first-order valence-electron chi connectivity index (χ1n) is 8.30. The zero-order chi connectivity index (χ0) is 19.1. The van der Waals surface area contributed by atoms with Crippen LogP contribution < -0.4 is 14.8 Å². The summed E-state index contributed by atoms with van der Waals surface area (Å²) in [6, 6.07) is 21.4. The van der Waals surface area contributed by atoms with E-state index in [2.05, 4.69) is 5.32 Å². The summed E-state index contributed by atoms with van der Waals surface area (Å²) in [6.45, 7) is 0.655. The van der Waals surface area contributed by atoms with E-state index in [0.29, 0.717) is 40.3 Å². The molecule has 0 bridgehead atoms. The Labute approximate surface area is 167 Å². The van der Waals surface area contributed by atoms with Gasteiger partial charge in [-0.1, -0.05) is 59.6 Å². The Morgan fingerprint density at radius 3 is 2.15 bits per heavy atom. The predicted molar refractivity (Wildman–Crippen MR) is 108 cm³/mol. The third kappa shape index (κ3) is 5.16. The number of rotatable bonds is 7. The molecule has 0 aliphatic heterocycles. The van der Waals surface area contributed by atoms with Crippen LogP contribution in [0.5, 0.6) is 11.5 Å². The topological polar surface area (TPSA) is 47.6 Å². The van der Waals surface area contributed by atoms with Crippen LogP contribution in [-0.2, 0) is 0 Å². The van der Waals surface area contributed by atoms with Crippen molar-refractivity contribution in [2.45, 2.75) is 0 Å². The molecular weight excluding hydrogens is 385 g/mol. The van der Waals surface area contributed by atoms with Crippen LogP contribution >= 0.6 is 23.2 Å². The molecule has 0 unspecified atom stereocenters. The summed E-state index contributed by atoms with van der Waals surface area (Å²) < 4.78 is 11.3. The Morgan fingerprint density at radius 1 is 0.778 bits per heavy atom. The van der Waals surface area contributed by atoms with Gasteiger partial charge in [0.1, 0.15) is 24.7 Å². The molecule has 0 heterocycles. The van der Waals surface area contributed by atoms with Gasteiger partial charge in [-0.15, -0.1) is 0 Å². The van der Waals surface area contributed by atoms with E-state index in [4.69, 9.17) is 32.7 Å². The van der Waals surface area contributed by atoms with Gasteiger partial charge in [0, 0.05) is 0 Å². The first kappa shape index (κ1) is 19.1. The minimum Gasteiger partial charge on any atom is -0.490 e. The van der Waals surface area contributed by atoms with E-state index in [9.17, 15) is 4.79 Å². The van der Waals surface area contributed by atoms with Crippen molar-refractivity contribution in [3.8, 4) is 11.5 Å². The first-order chi connectivity index (χ1) is 13.1. The van der Waals surface area contributed by atoms with E-state index in [1.165, 1.54) is 0 Å². The Hall–Kier alpha value is -2.69. The van der Waals surface area contributed by atoms with Gasteiger partial charge in [0.25, 0.3) is 5.91 Å². The van der Waals surface area contributed by atoms with E-state index in [-0.39, 0.29) is 5.91 Å². The number of anilines is 1. The van der Waals surface area contributed by atoms with E-state index < -0.39 is 0 Å². The number of hydrogen-bond donors (Lipinski definition) is 1. The highest BCUT2D eigenvalue weighted by Gasteiger charge is 2.15. The van der Waals surface area contributed by atoms with Crippen LogP contribution in [0.2, 0.25) is 10.0 Å². The van der Waals surface area contributed by atoms with E-state index in [1.807, 2.05) is 30.3 Å². The highest BCUT2D eigenvalue weighted by atomic mass is 35.5. The fraction of sp³-hybridized carbons (Fsp3) is 0.0952. The Morgan fingerprint density at radius 2 is 1.41 bits per heavy atom. The van der Waals surface area contributed by atoms with Gasteiger partial charge >= 0.3 is 0 Å². The lowest BCUT2D eigenvalue weighted by Gasteiger charge is -2.13. The van der Waals surface area contributed by atoms with Gasteiger partial charge in [0.05, 0.1) is 21.3 Å². The third-order valence-corrected chi connectivity index (χ3v) is 4.32. The van der Waals surface area contributed by atoms with Crippen molar-refractivity contribution in [3.63, 3.8) is 0 Å². The van der Waals surface area contributed by atoms with Crippen molar-refractivity contribution >= 4 is 34.8 Å². The monoisotopic (exact) mass is 401 g/mol. The lowest BCUT2D eigenvalue weighted by atomic mass is 10.2. The molecule has 4 nitrogen and oxygen atoms in total. The zero-order valence-electron chi connectivity index (χ0n) is 14.3. The molecule has 0 aromatic heterocycles. The highest BCUT2D eigenvalue weighted by molar-refractivity contribution is 6.40. The molecule has 0 spiro atoms. The number of carbonyl (C=O) groups excluding carboxylic acids is 1. The first-order valence-corrected chi connectivity index (χ1v) is 9.06. The number of nitrogens with one attached hydrogen (secondary N) is 1. The minimum absolute atomic E-state index is 0.298. The molecule has 3 rings (SSSR count). The molecule has 0 saturated heterocycles. The van der Waals surface area contributed by atoms with Crippen LogP contribution in [0.25, 0.3) is 0 Å². The summed E-state index contributed by atoms with van der Waals surface area (Å²) in [5, 5.41) is 3.47. The Bertz CT molecular complexity index is 896. The largest absolute Gasteiger partial charge is 0.490 e. The van der Waals surface area contributed by atoms with Gasteiger partial charge in [-0.2, -0.15) is 0 Å². The number of ether oxygens (including phenoxy) is 2. The number of carbonyl (C=O) groups is 1. The molecule has 1 N–H and O–H groups in total. The lowest BCUT2D eigenvalue weighted by Crippen LogP contribution is -2.16. The van der Waals surface area contributed by atoms with Gasteiger partial charge in [0.15, 0.2) is 0 Å². The second-order valence-electron chi connectivity index (χ2n) is 5.56. The van der Waals surface area contributed by atoms with Gasteiger partial charge < -0.3 is 14.8 Å². The lowest BCUT2D eigenvalue weighted by molar-refractivity contribution is 0.102. The second kappa shape index (κ2) is 9.31. The quantitative estimate of drug-likeness (QED) is 0.516. The number of amides is 1. The Kier molecular flexibility index (Phi) is 6.58. The van der Waals surface area contributed by atoms with Crippen LogP contribution in [0, 0.1) is 0 Å². The standard InChI is InChI=1S/C21H17Cl2NO3/c22-17-10-6-11-18(23)20(17)24-21(25)16-9-4-5-12-19(16)27-14-13-26-15-7-2-1-3-8-15/h1-12H,13-14H2,(H,24,25). The molecule has 0 aliphatic carbocycles. The normalized spacial score (nSPS) is 10.3. The van der Waals surface area contributed by atoms with Crippen LogP contribution in [0.1, 0.15) is 10.4 Å². The fourth-order valence-corrected chi connectivity index (χ4v) is 2.90. The molecule has 3 aromatic rings. The minimum atomic E-state index is -0.357. The maximum atomic E-state index is 12.7. The molecule has 138 valence electrons. The molecular formula is C21H17Cl2NO3. The average Bonchev–Trinajstić information content (AvgIpc) is 2.69. The van der Waals surface area contributed by atoms with E-state index >= 15 is 0 Å². The number of hydrogen-bond acceptors (Lipinski definition) is 3. The Balaban J connectivity index is 1.64. The average molecular weight is 402 g/mol. The molecule has 1 amide bonds. The van der Waals surface area contributed by atoms with Crippen molar-refractivity contribution in [3.05, 3.63) is 88.4 Å². The molecule has 3 aromatic carbocycles.